The summed E-state index contributed by atoms with van der Waals surface area (Å²) in [5, 5.41) is 3.93. The predicted molar refractivity (Wildman–Crippen MR) is 85.6 cm³/mol. The van der Waals surface area contributed by atoms with Crippen LogP contribution in [0.5, 0.6) is 0 Å². The van der Waals surface area contributed by atoms with Gasteiger partial charge in [-0.25, -0.2) is 4.39 Å². The lowest BCUT2D eigenvalue weighted by atomic mass is 10.2. The summed E-state index contributed by atoms with van der Waals surface area (Å²) in [5.41, 5.74) is 0.927. The maximum absolute atomic E-state index is 13.4. The minimum Gasteiger partial charge on any atom is -0.383 e. The van der Waals surface area contributed by atoms with Gasteiger partial charge in [0.15, 0.2) is 0 Å². The summed E-state index contributed by atoms with van der Waals surface area (Å²) in [6.07, 6.45) is 0. The zero-order valence-corrected chi connectivity index (χ0v) is 13.3. The molecule has 2 nitrogen and oxygen atoms in total. The smallest absolute Gasteiger partial charge is 0.123 e. The number of methoxy groups -OCH3 is 1. The van der Waals surface area contributed by atoms with Crippen molar-refractivity contribution in [3.05, 3.63) is 58.9 Å². The van der Waals surface area contributed by atoms with Crippen LogP contribution in [0.2, 0.25) is 5.02 Å². The number of rotatable bonds is 7. The molecule has 112 valence electrons. The van der Waals surface area contributed by atoms with Gasteiger partial charge in [-0.15, -0.1) is 0 Å². The van der Waals surface area contributed by atoms with E-state index in [1.54, 1.807) is 31.0 Å². The Balaban J connectivity index is 2.10. The van der Waals surface area contributed by atoms with Crippen molar-refractivity contribution in [1.82, 2.24) is 5.32 Å². The molecule has 0 aliphatic rings. The number of hydrogen-bond acceptors (Lipinski definition) is 3. The number of halogens is 2. The van der Waals surface area contributed by atoms with E-state index < -0.39 is 0 Å². The molecule has 1 N–H and O–H groups in total. The van der Waals surface area contributed by atoms with Crippen LogP contribution < -0.4 is 5.32 Å². The average Bonchev–Trinajstić information content (AvgIpc) is 2.46. The molecule has 0 bridgehead atoms. The van der Waals surface area contributed by atoms with Crippen LogP contribution >= 0.6 is 23.4 Å². The first kappa shape index (κ1) is 16.3. The van der Waals surface area contributed by atoms with E-state index in [-0.39, 0.29) is 5.82 Å². The SMILES string of the molecule is COCCNCc1cc(F)ccc1Sc1cccc(Cl)c1. The number of hydrogen-bond donors (Lipinski definition) is 1. The first-order chi connectivity index (χ1) is 10.2. The molecule has 0 radical (unpaired) electrons. The highest BCUT2D eigenvalue weighted by molar-refractivity contribution is 7.99. The molecule has 0 unspecified atom stereocenters. The second kappa shape index (κ2) is 8.39. The molecule has 0 spiro atoms. The molecule has 5 heteroatoms. The Morgan fingerprint density at radius 1 is 1.24 bits per heavy atom. The van der Waals surface area contributed by atoms with Crippen molar-refractivity contribution >= 4 is 23.4 Å². The lowest BCUT2D eigenvalue weighted by Crippen LogP contribution is -2.19. The molecule has 2 aromatic rings. The summed E-state index contributed by atoms with van der Waals surface area (Å²) in [6.45, 7) is 1.96. The van der Waals surface area contributed by atoms with E-state index >= 15 is 0 Å². The highest BCUT2D eigenvalue weighted by atomic mass is 35.5. The highest BCUT2D eigenvalue weighted by Crippen LogP contribution is 2.32. The van der Waals surface area contributed by atoms with Crippen LogP contribution in [0, 0.1) is 5.82 Å². The van der Waals surface area contributed by atoms with Crippen molar-refractivity contribution in [2.45, 2.75) is 16.3 Å². The van der Waals surface area contributed by atoms with Crippen LogP contribution in [0.3, 0.4) is 0 Å². The van der Waals surface area contributed by atoms with Gasteiger partial charge in [0.25, 0.3) is 0 Å². The predicted octanol–water partition coefficient (Wildman–Crippen LogP) is 4.37. The third kappa shape index (κ3) is 5.32. The lowest BCUT2D eigenvalue weighted by Gasteiger charge is -2.11. The van der Waals surface area contributed by atoms with Crippen molar-refractivity contribution in [2.24, 2.45) is 0 Å². The fourth-order valence-electron chi connectivity index (χ4n) is 1.84. The Hall–Kier alpha value is -1.07. The van der Waals surface area contributed by atoms with Crippen LogP contribution in [-0.4, -0.2) is 20.3 Å². The number of benzene rings is 2. The summed E-state index contributed by atoms with van der Waals surface area (Å²) < 4.78 is 18.4. The van der Waals surface area contributed by atoms with Gasteiger partial charge in [-0.3, -0.25) is 0 Å². The molecule has 21 heavy (non-hydrogen) atoms. The van der Waals surface area contributed by atoms with Gasteiger partial charge < -0.3 is 10.1 Å². The van der Waals surface area contributed by atoms with Crippen LogP contribution in [-0.2, 0) is 11.3 Å². The summed E-state index contributed by atoms with van der Waals surface area (Å²) >= 11 is 7.57. The third-order valence-corrected chi connectivity index (χ3v) is 4.19. The second-order valence-electron chi connectivity index (χ2n) is 4.48. The molecular weight excluding hydrogens is 309 g/mol. The minimum atomic E-state index is -0.228. The van der Waals surface area contributed by atoms with Crippen molar-refractivity contribution < 1.29 is 9.13 Å². The molecule has 0 atom stereocenters. The minimum absolute atomic E-state index is 0.228. The Morgan fingerprint density at radius 3 is 2.86 bits per heavy atom. The Labute approximate surface area is 133 Å². The first-order valence-electron chi connectivity index (χ1n) is 6.60. The number of ether oxygens (including phenoxy) is 1. The molecule has 0 saturated heterocycles. The molecule has 0 saturated carbocycles. The van der Waals surface area contributed by atoms with Crippen molar-refractivity contribution in [1.29, 1.82) is 0 Å². The third-order valence-electron chi connectivity index (χ3n) is 2.84. The Bertz CT molecular complexity index is 594. The standard InChI is InChI=1S/C16H17ClFNOS/c1-20-8-7-19-11-12-9-14(18)5-6-16(12)21-15-4-2-3-13(17)10-15/h2-6,9-10,19H,7-8,11H2,1H3. The Morgan fingerprint density at radius 2 is 2.10 bits per heavy atom. The van der Waals surface area contributed by atoms with Gasteiger partial charge in [0.05, 0.1) is 6.61 Å². The summed E-state index contributed by atoms with van der Waals surface area (Å²) in [5.74, 6) is -0.228. The van der Waals surface area contributed by atoms with Crippen LogP contribution in [0.15, 0.2) is 52.3 Å². The first-order valence-corrected chi connectivity index (χ1v) is 7.80. The quantitative estimate of drug-likeness (QED) is 0.764. The fourth-order valence-corrected chi connectivity index (χ4v) is 3.08. The van der Waals surface area contributed by atoms with E-state index in [1.807, 2.05) is 24.3 Å². The van der Waals surface area contributed by atoms with Gasteiger partial charge >= 0.3 is 0 Å². The van der Waals surface area contributed by atoms with Gasteiger partial charge in [-0.05, 0) is 42.0 Å². The van der Waals surface area contributed by atoms with Crippen LogP contribution in [0.4, 0.5) is 4.39 Å². The van der Waals surface area contributed by atoms with Crippen LogP contribution in [0.25, 0.3) is 0 Å². The van der Waals surface area contributed by atoms with Gasteiger partial charge in [0, 0.05) is 35.0 Å². The van der Waals surface area contributed by atoms with Gasteiger partial charge in [0.1, 0.15) is 5.82 Å². The molecule has 2 rings (SSSR count). The molecular formula is C16H17ClFNOS. The van der Waals surface area contributed by atoms with E-state index in [0.717, 1.165) is 21.9 Å². The lowest BCUT2D eigenvalue weighted by molar-refractivity contribution is 0.199. The van der Waals surface area contributed by atoms with Crippen LogP contribution in [0.1, 0.15) is 5.56 Å². The zero-order valence-electron chi connectivity index (χ0n) is 11.7. The van der Waals surface area contributed by atoms with E-state index in [0.29, 0.717) is 18.2 Å². The molecule has 0 aliphatic heterocycles. The van der Waals surface area contributed by atoms with Gasteiger partial charge in [-0.1, -0.05) is 29.4 Å². The largest absolute Gasteiger partial charge is 0.383 e. The maximum atomic E-state index is 13.4. The van der Waals surface area contributed by atoms with E-state index in [4.69, 9.17) is 16.3 Å². The van der Waals surface area contributed by atoms with Crippen molar-refractivity contribution in [3.63, 3.8) is 0 Å². The normalized spacial score (nSPS) is 10.8. The molecule has 0 amide bonds. The van der Waals surface area contributed by atoms with E-state index in [9.17, 15) is 4.39 Å². The summed E-state index contributed by atoms with van der Waals surface area (Å²) in [4.78, 5) is 2.05. The van der Waals surface area contributed by atoms with Crippen molar-refractivity contribution in [3.8, 4) is 0 Å². The summed E-state index contributed by atoms with van der Waals surface area (Å²) in [6, 6.07) is 12.5. The molecule has 2 aromatic carbocycles. The van der Waals surface area contributed by atoms with E-state index in [1.165, 1.54) is 6.07 Å². The maximum Gasteiger partial charge on any atom is 0.123 e. The van der Waals surface area contributed by atoms with E-state index in [2.05, 4.69) is 5.32 Å². The van der Waals surface area contributed by atoms with Crippen molar-refractivity contribution in [2.75, 3.05) is 20.3 Å². The topological polar surface area (TPSA) is 21.3 Å². The zero-order chi connectivity index (χ0) is 15.1. The highest BCUT2D eigenvalue weighted by Gasteiger charge is 2.06. The molecule has 0 fully saturated rings. The summed E-state index contributed by atoms with van der Waals surface area (Å²) in [7, 11) is 1.66. The molecule has 0 aliphatic carbocycles. The fraction of sp³-hybridized carbons (Fsp3) is 0.250. The molecule has 0 aromatic heterocycles. The second-order valence-corrected chi connectivity index (χ2v) is 6.03. The number of nitrogens with one attached hydrogen (secondary N) is 1. The van der Waals surface area contributed by atoms with Gasteiger partial charge in [0.2, 0.25) is 0 Å². The molecule has 0 heterocycles. The van der Waals surface area contributed by atoms with Gasteiger partial charge in [-0.2, -0.15) is 0 Å². The average molecular weight is 326 g/mol. The monoisotopic (exact) mass is 325 g/mol. The Kier molecular flexibility index (Phi) is 6.51.